The number of nitrogens with zero attached hydrogens (tertiary/aromatic N) is 1. The molecule has 1 N–H and O–H groups in total. The Labute approximate surface area is 95.3 Å². The van der Waals surface area contributed by atoms with Crippen molar-refractivity contribution in [3.63, 3.8) is 0 Å². The van der Waals surface area contributed by atoms with Crippen LogP contribution in [0.4, 0.5) is 0 Å². The maximum absolute atomic E-state index is 11.9. The molecule has 3 rings (SSSR count). The second-order valence-electron chi connectivity index (χ2n) is 5.00. The van der Waals surface area contributed by atoms with E-state index in [0.29, 0.717) is 11.6 Å². The van der Waals surface area contributed by atoms with Crippen LogP contribution >= 0.6 is 0 Å². The standard InChI is InChI=1S/C13H16N2O/c16-13(11-2-1-5-14-8-11)15-12-7-9-3-4-10(12)6-9/h1-2,5,8-10,12H,3-4,6-7H2,(H,15,16)/t9-,10+,12+/m1/s1. The highest BCUT2D eigenvalue weighted by molar-refractivity contribution is 5.94. The summed E-state index contributed by atoms with van der Waals surface area (Å²) >= 11 is 0. The van der Waals surface area contributed by atoms with E-state index >= 15 is 0 Å². The Morgan fingerprint density at radius 2 is 2.31 bits per heavy atom. The molecule has 3 atom stereocenters. The number of carbonyl (C=O) groups excluding carboxylic acids is 1. The van der Waals surface area contributed by atoms with Crippen molar-refractivity contribution in [3.8, 4) is 0 Å². The smallest absolute Gasteiger partial charge is 0.253 e. The monoisotopic (exact) mass is 216 g/mol. The average Bonchev–Trinajstić information content (AvgIpc) is 2.92. The first-order valence-electron chi connectivity index (χ1n) is 6.04. The number of fused-ring (bicyclic) bond motifs is 2. The van der Waals surface area contributed by atoms with Crippen molar-refractivity contribution in [2.45, 2.75) is 31.7 Å². The molecule has 0 aromatic carbocycles. The fourth-order valence-corrected chi connectivity index (χ4v) is 3.17. The van der Waals surface area contributed by atoms with Crippen molar-refractivity contribution in [2.24, 2.45) is 11.8 Å². The minimum atomic E-state index is 0.0330. The predicted molar refractivity (Wildman–Crippen MR) is 60.9 cm³/mol. The van der Waals surface area contributed by atoms with Crippen molar-refractivity contribution in [3.05, 3.63) is 30.1 Å². The molecule has 2 fully saturated rings. The molecule has 1 amide bonds. The minimum Gasteiger partial charge on any atom is -0.349 e. The van der Waals surface area contributed by atoms with E-state index in [0.717, 1.165) is 11.8 Å². The molecule has 3 nitrogen and oxygen atoms in total. The summed E-state index contributed by atoms with van der Waals surface area (Å²) in [6.45, 7) is 0. The number of pyridine rings is 1. The van der Waals surface area contributed by atoms with Crippen LogP contribution in [0.5, 0.6) is 0 Å². The van der Waals surface area contributed by atoms with Gasteiger partial charge in [0.25, 0.3) is 5.91 Å². The summed E-state index contributed by atoms with van der Waals surface area (Å²) in [4.78, 5) is 15.9. The molecule has 0 aliphatic heterocycles. The molecule has 0 spiro atoms. The largest absolute Gasteiger partial charge is 0.349 e. The van der Waals surface area contributed by atoms with Gasteiger partial charge in [-0.2, -0.15) is 0 Å². The third kappa shape index (κ3) is 1.70. The van der Waals surface area contributed by atoms with Crippen LogP contribution < -0.4 is 5.32 Å². The molecule has 2 bridgehead atoms. The van der Waals surface area contributed by atoms with E-state index in [-0.39, 0.29) is 5.91 Å². The molecule has 1 heterocycles. The molecule has 1 aromatic heterocycles. The lowest BCUT2D eigenvalue weighted by atomic mass is 9.95. The molecule has 84 valence electrons. The Balaban J connectivity index is 1.65. The zero-order valence-electron chi connectivity index (χ0n) is 9.23. The van der Waals surface area contributed by atoms with Crippen LogP contribution in [0.1, 0.15) is 36.0 Å². The average molecular weight is 216 g/mol. The Bertz CT molecular complexity index is 390. The van der Waals surface area contributed by atoms with Gasteiger partial charge < -0.3 is 5.32 Å². The maximum Gasteiger partial charge on any atom is 0.253 e. The van der Waals surface area contributed by atoms with Gasteiger partial charge in [-0.15, -0.1) is 0 Å². The fourth-order valence-electron chi connectivity index (χ4n) is 3.17. The van der Waals surface area contributed by atoms with E-state index in [1.54, 1.807) is 18.5 Å². The number of nitrogens with one attached hydrogen (secondary N) is 1. The molecule has 2 aliphatic carbocycles. The molecular weight excluding hydrogens is 200 g/mol. The van der Waals surface area contributed by atoms with Gasteiger partial charge in [-0.3, -0.25) is 9.78 Å². The quantitative estimate of drug-likeness (QED) is 0.821. The van der Waals surface area contributed by atoms with Crippen molar-refractivity contribution >= 4 is 5.91 Å². The number of rotatable bonds is 2. The van der Waals surface area contributed by atoms with Gasteiger partial charge in [0.15, 0.2) is 0 Å². The van der Waals surface area contributed by atoms with E-state index in [2.05, 4.69) is 10.3 Å². The second kappa shape index (κ2) is 3.89. The topological polar surface area (TPSA) is 42.0 Å². The maximum atomic E-state index is 11.9. The van der Waals surface area contributed by atoms with Gasteiger partial charge >= 0.3 is 0 Å². The van der Waals surface area contributed by atoms with Gasteiger partial charge in [0.2, 0.25) is 0 Å². The number of amides is 1. The summed E-state index contributed by atoms with van der Waals surface area (Å²) in [7, 11) is 0. The first kappa shape index (κ1) is 9.82. The van der Waals surface area contributed by atoms with Crippen LogP contribution in [0.15, 0.2) is 24.5 Å². The molecule has 2 aliphatic rings. The molecule has 0 unspecified atom stereocenters. The number of hydrogen-bond acceptors (Lipinski definition) is 2. The molecule has 2 saturated carbocycles. The van der Waals surface area contributed by atoms with Gasteiger partial charge in [-0.05, 0) is 43.2 Å². The van der Waals surface area contributed by atoms with Crippen molar-refractivity contribution < 1.29 is 4.79 Å². The Morgan fingerprint density at radius 1 is 1.38 bits per heavy atom. The van der Waals surface area contributed by atoms with Crippen molar-refractivity contribution in [1.82, 2.24) is 10.3 Å². The normalized spacial score (nSPS) is 31.6. The van der Waals surface area contributed by atoms with Gasteiger partial charge in [-0.25, -0.2) is 0 Å². The first-order valence-corrected chi connectivity index (χ1v) is 6.04. The zero-order valence-corrected chi connectivity index (χ0v) is 9.23. The highest BCUT2D eigenvalue weighted by atomic mass is 16.1. The van der Waals surface area contributed by atoms with Gasteiger partial charge in [0.1, 0.15) is 0 Å². The van der Waals surface area contributed by atoms with Crippen LogP contribution in [-0.4, -0.2) is 16.9 Å². The zero-order chi connectivity index (χ0) is 11.0. The minimum absolute atomic E-state index is 0.0330. The highest BCUT2D eigenvalue weighted by Gasteiger charge is 2.40. The Kier molecular flexibility index (Phi) is 2.39. The molecule has 16 heavy (non-hydrogen) atoms. The fraction of sp³-hybridized carbons (Fsp3) is 0.538. The predicted octanol–water partition coefficient (Wildman–Crippen LogP) is 2.00. The van der Waals surface area contributed by atoms with Crippen molar-refractivity contribution in [1.29, 1.82) is 0 Å². The summed E-state index contributed by atoms with van der Waals surface area (Å²) in [6, 6.07) is 4.03. The van der Waals surface area contributed by atoms with E-state index in [1.807, 2.05) is 6.07 Å². The van der Waals surface area contributed by atoms with Crippen LogP contribution in [-0.2, 0) is 0 Å². The third-order valence-corrected chi connectivity index (χ3v) is 3.98. The lowest BCUT2D eigenvalue weighted by molar-refractivity contribution is 0.0922. The Morgan fingerprint density at radius 3 is 2.94 bits per heavy atom. The Hall–Kier alpha value is -1.38. The lowest BCUT2D eigenvalue weighted by Gasteiger charge is -2.22. The molecule has 0 saturated heterocycles. The SMILES string of the molecule is O=C(N[C@H]1C[C@@H]2CC[C@H]1C2)c1cccnc1. The van der Waals surface area contributed by atoms with Crippen molar-refractivity contribution in [2.75, 3.05) is 0 Å². The number of aromatic nitrogens is 1. The van der Waals surface area contributed by atoms with Crippen LogP contribution in [0, 0.1) is 11.8 Å². The summed E-state index contributed by atoms with van der Waals surface area (Å²) < 4.78 is 0. The second-order valence-corrected chi connectivity index (χ2v) is 5.00. The lowest BCUT2D eigenvalue weighted by Crippen LogP contribution is -2.38. The van der Waals surface area contributed by atoms with Gasteiger partial charge in [-0.1, -0.05) is 6.42 Å². The van der Waals surface area contributed by atoms with Crippen LogP contribution in [0.25, 0.3) is 0 Å². The summed E-state index contributed by atoms with van der Waals surface area (Å²) in [6.07, 6.45) is 8.47. The number of hydrogen-bond donors (Lipinski definition) is 1. The van der Waals surface area contributed by atoms with E-state index in [1.165, 1.54) is 25.7 Å². The highest BCUT2D eigenvalue weighted by Crippen LogP contribution is 2.44. The van der Waals surface area contributed by atoms with Gasteiger partial charge in [0, 0.05) is 18.4 Å². The van der Waals surface area contributed by atoms with E-state index in [9.17, 15) is 4.79 Å². The van der Waals surface area contributed by atoms with Gasteiger partial charge in [0.05, 0.1) is 5.56 Å². The molecular formula is C13H16N2O. The van der Waals surface area contributed by atoms with E-state index < -0.39 is 0 Å². The molecule has 0 radical (unpaired) electrons. The summed E-state index contributed by atoms with van der Waals surface area (Å²) in [5.74, 6) is 1.63. The third-order valence-electron chi connectivity index (χ3n) is 3.98. The summed E-state index contributed by atoms with van der Waals surface area (Å²) in [5.41, 5.74) is 0.672. The molecule has 1 aromatic rings. The van der Waals surface area contributed by atoms with Crippen LogP contribution in [0.2, 0.25) is 0 Å². The van der Waals surface area contributed by atoms with E-state index in [4.69, 9.17) is 0 Å². The van der Waals surface area contributed by atoms with Crippen LogP contribution in [0.3, 0.4) is 0 Å². The number of carbonyl (C=O) groups is 1. The molecule has 3 heteroatoms. The summed E-state index contributed by atoms with van der Waals surface area (Å²) in [5, 5.41) is 3.15. The first-order chi connectivity index (χ1) is 7.83.